The van der Waals surface area contributed by atoms with Crippen LogP contribution in [-0.2, 0) is 17.8 Å². The summed E-state index contributed by atoms with van der Waals surface area (Å²) in [5.41, 5.74) is 4.63. The third-order valence-electron chi connectivity index (χ3n) is 6.27. The number of ether oxygens (including phenoxy) is 2. The highest BCUT2D eigenvalue weighted by atomic mass is 19.1. The van der Waals surface area contributed by atoms with E-state index in [0.29, 0.717) is 48.0 Å². The maximum absolute atomic E-state index is 13.8. The molecule has 0 fully saturated rings. The Morgan fingerprint density at radius 2 is 1.75 bits per heavy atom. The molecular weight excluding hydrogens is 459 g/mol. The summed E-state index contributed by atoms with van der Waals surface area (Å²) >= 11 is 0. The number of carbonyl (C=O) groups is 1. The van der Waals surface area contributed by atoms with E-state index in [1.165, 1.54) is 12.1 Å². The van der Waals surface area contributed by atoms with Gasteiger partial charge < -0.3 is 18.9 Å². The molecule has 6 nitrogen and oxygen atoms in total. The summed E-state index contributed by atoms with van der Waals surface area (Å²) in [6.07, 6.45) is 2.46. The Hall–Kier alpha value is -4.39. The van der Waals surface area contributed by atoms with Crippen LogP contribution in [0.1, 0.15) is 22.4 Å². The van der Waals surface area contributed by atoms with Crippen LogP contribution in [0.4, 0.5) is 4.39 Å². The molecule has 0 atom stereocenters. The summed E-state index contributed by atoms with van der Waals surface area (Å²) in [7, 11) is 3.17. The van der Waals surface area contributed by atoms with Crippen LogP contribution in [0, 0.1) is 5.82 Å². The minimum atomic E-state index is -0.307. The second-order valence-corrected chi connectivity index (χ2v) is 8.46. The molecule has 1 aliphatic heterocycles. The molecule has 1 amide bonds. The van der Waals surface area contributed by atoms with Crippen LogP contribution in [0.25, 0.3) is 23.0 Å². The molecule has 0 N–H and O–H groups in total. The molecule has 7 heteroatoms. The monoisotopic (exact) mass is 484 g/mol. The molecular formula is C29H25FN2O4. The van der Waals surface area contributed by atoms with Crippen LogP contribution in [0.2, 0.25) is 0 Å². The van der Waals surface area contributed by atoms with Gasteiger partial charge in [-0.2, -0.15) is 0 Å². The van der Waals surface area contributed by atoms with Gasteiger partial charge in [-0.25, -0.2) is 4.39 Å². The number of fused-ring (bicyclic) bond motifs is 1. The third kappa shape index (κ3) is 4.60. The average Bonchev–Trinajstić information content (AvgIpc) is 3.35. The molecule has 0 saturated heterocycles. The Morgan fingerprint density at radius 3 is 2.47 bits per heavy atom. The zero-order valence-electron chi connectivity index (χ0n) is 20.0. The van der Waals surface area contributed by atoms with Gasteiger partial charge in [-0.1, -0.05) is 41.6 Å². The molecule has 1 aromatic heterocycles. The van der Waals surface area contributed by atoms with Crippen LogP contribution in [0.15, 0.2) is 77.3 Å². The van der Waals surface area contributed by atoms with Gasteiger partial charge >= 0.3 is 0 Å². The van der Waals surface area contributed by atoms with Crippen LogP contribution < -0.4 is 9.47 Å². The maximum atomic E-state index is 13.8. The predicted octanol–water partition coefficient (Wildman–Crippen LogP) is 5.62. The van der Waals surface area contributed by atoms with Gasteiger partial charge in [-0.15, -0.1) is 0 Å². The number of hydrogen-bond donors (Lipinski definition) is 0. The van der Waals surface area contributed by atoms with Crippen molar-refractivity contribution >= 4 is 17.6 Å². The summed E-state index contributed by atoms with van der Waals surface area (Å²) in [5.74, 6) is 1.42. The molecule has 36 heavy (non-hydrogen) atoms. The summed E-state index contributed by atoms with van der Waals surface area (Å²) in [4.78, 5) is 15.6. The van der Waals surface area contributed by atoms with Gasteiger partial charge in [0.1, 0.15) is 11.5 Å². The Morgan fingerprint density at radius 1 is 1.00 bits per heavy atom. The molecule has 0 spiro atoms. The molecule has 1 aliphatic rings. The molecule has 0 aliphatic carbocycles. The van der Waals surface area contributed by atoms with Crippen LogP contribution in [0.5, 0.6) is 11.5 Å². The van der Waals surface area contributed by atoms with Crippen molar-refractivity contribution in [1.29, 1.82) is 0 Å². The van der Waals surface area contributed by atoms with Gasteiger partial charge in [0.25, 0.3) is 5.91 Å². The Bertz CT molecular complexity index is 1410. The van der Waals surface area contributed by atoms with Crippen molar-refractivity contribution in [2.75, 3.05) is 20.8 Å². The second-order valence-electron chi connectivity index (χ2n) is 8.46. The highest BCUT2D eigenvalue weighted by Crippen LogP contribution is 2.33. The van der Waals surface area contributed by atoms with Gasteiger partial charge in [0.05, 0.1) is 20.8 Å². The summed E-state index contributed by atoms with van der Waals surface area (Å²) < 4.78 is 29.7. The first kappa shape index (κ1) is 23.4. The quantitative estimate of drug-likeness (QED) is 0.262. The maximum Gasteiger partial charge on any atom is 0.254 e. The first-order chi connectivity index (χ1) is 17.6. The zero-order valence-corrected chi connectivity index (χ0v) is 20.0. The number of rotatable bonds is 6. The Labute approximate surface area is 208 Å². The van der Waals surface area contributed by atoms with E-state index < -0.39 is 0 Å². The molecule has 2 heterocycles. The number of carbonyl (C=O) groups excluding carboxylic acids is 1. The smallest absolute Gasteiger partial charge is 0.254 e. The van der Waals surface area contributed by atoms with Gasteiger partial charge in [0, 0.05) is 23.2 Å². The molecule has 182 valence electrons. The fourth-order valence-corrected chi connectivity index (χ4v) is 4.40. The van der Waals surface area contributed by atoms with Crippen LogP contribution in [-0.4, -0.2) is 36.7 Å². The van der Waals surface area contributed by atoms with Gasteiger partial charge in [-0.05, 0) is 60.0 Å². The zero-order chi connectivity index (χ0) is 25.1. The first-order valence-electron chi connectivity index (χ1n) is 11.6. The van der Waals surface area contributed by atoms with Crippen molar-refractivity contribution in [2.24, 2.45) is 0 Å². The topological polar surface area (TPSA) is 64.8 Å². The van der Waals surface area contributed by atoms with E-state index in [2.05, 4.69) is 5.16 Å². The number of amides is 1. The number of aromatic nitrogens is 1. The SMILES string of the molecule is COc1ccc(/C=C(/C(=O)N2CCc3c(noc3-c3ccc(F)cc3)C2)c2ccccc2)cc1OC. The van der Waals surface area contributed by atoms with Gasteiger partial charge in [-0.3, -0.25) is 4.79 Å². The number of hydrogen-bond acceptors (Lipinski definition) is 5. The molecule has 0 saturated carbocycles. The first-order valence-corrected chi connectivity index (χ1v) is 11.6. The Balaban J connectivity index is 1.46. The Kier molecular flexibility index (Phi) is 6.54. The highest BCUT2D eigenvalue weighted by molar-refractivity contribution is 6.24. The van der Waals surface area contributed by atoms with E-state index in [1.807, 2.05) is 54.6 Å². The lowest BCUT2D eigenvalue weighted by Gasteiger charge is -2.27. The van der Waals surface area contributed by atoms with E-state index in [4.69, 9.17) is 14.0 Å². The van der Waals surface area contributed by atoms with Crippen molar-refractivity contribution in [2.45, 2.75) is 13.0 Å². The summed E-state index contributed by atoms with van der Waals surface area (Å²) in [6, 6.07) is 21.3. The molecule has 3 aromatic carbocycles. The summed E-state index contributed by atoms with van der Waals surface area (Å²) in [5, 5.41) is 4.23. The van der Waals surface area contributed by atoms with Gasteiger partial charge in [0.2, 0.25) is 0 Å². The van der Waals surface area contributed by atoms with E-state index >= 15 is 0 Å². The number of halogens is 1. The minimum absolute atomic E-state index is 0.104. The van der Waals surface area contributed by atoms with Gasteiger partial charge in [0.15, 0.2) is 17.3 Å². The normalized spacial score (nSPS) is 13.3. The van der Waals surface area contributed by atoms with E-state index in [-0.39, 0.29) is 11.7 Å². The highest BCUT2D eigenvalue weighted by Gasteiger charge is 2.29. The third-order valence-corrected chi connectivity index (χ3v) is 6.27. The molecule has 5 rings (SSSR count). The lowest BCUT2D eigenvalue weighted by atomic mass is 9.97. The van der Waals surface area contributed by atoms with E-state index in [1.54, 1.807) is 31.3 Å². The van der Waals surface area contributed by atoms with Crippen LogP contribution >= 0.6 is 0 Å². The largest absolute Gasteiger partial charge is 0.493 e. The predicted molar refractivity (Wildman–Crippen MR) is 135 cm³/mol. The van der Waals surface area contributed by atoms with E-state index in [0.717, 1.165) is 22.3 Å². The van der Waals surface area contributed by atoms with E-state index in [9.17, 15) is 9.18 Å². The van der Waals surface area contributed by atoms with Crippen molar-refractivity contribution in [1.82, 2.24) is 10.1 Å². The fourth-order valence-electron chi connectivity index (χ4n) is 4.40. The van der Waals surface area contributed by atoms with Crippen molar-refractivity contribution < 1.29 is 23.2 Å². The van der Waals surface area contributed by atoms with Crippen molar-refractivity contribution in [3.05, 3.63) is 101 Å². The van der Waals surface area contributed by atoms with Crippen molar-refractivity contribution in [3.63, 3.8) is 0 Å². The summed E-state index contributed by atoms with van der Waals surface area (Å²) in [6.45, 7) is 0.840. The standard InChI is InChI=1S/C29H25FN2O4/c1-34-26-13-8-19(17-27(26)35-2)16-24(20-6-4-3-5-7-20)29(33)32-15-14-23-25(18-32)31-36-28(23)21-9-11-22(30)12-10-21/h3-13,16-17H,14-15,18H2,1-2H3/b24-16+. The van der Waals surface area contributed by atoms with Crippen LogP contribution in [0.3, 0.4) is 0 Å². The van der Waals surface area contributed by atoms with Crippen molar-refractivity contribution in [3.8, 4) is 22.8 Å². The lowest BCUT2D eigenvalue weighted by molar-refractivity contribution is -0.125. The minimum Gasteiger partial charge on any atom is -0.493 e. The number of methoxy groups -OCH3 is 2. The fraction of sp³-hybridized carbons (Fsp3) is 0.172. The molecule has 0 unspecified atom stereocenters. The average molecular weight is 485 g/mol. The number of benzene rings is 3. The lowest BCUT2D eigenvalue weighted by Crippen LogP contribution is -2.36. The molecule has 4 aromatic rings. The number of nitrogens with zero attached hydrogens (tertiary/aromatic N) is 2. The second kappa shape index (κ2) is 10.1. The molecule has 0 bridgehead atoms. The molecule has 0 radical (unpaired) electrons.